The molecule has 0 fully saturated rings. The third-order valence-electron chi connectivity index (χ3n) is 6.86. The third-order valence-corrected chi connectivity index (χ3v) is 7.49. The Balaban J connectivity index is 1.25. The smallest absolute Gasteiger partial charge is 0.335 e. The first-order valence-electron chi connectivity index (χ1n) is 13.0. The molecule has 1 N–H and O–H groups in total. The molecule has 0 unspecified atom stereocenters. The molecule has 3 aromatic heterocycles. The van der Waals surface area contributed by atoms with Gasteiger partial charge in [-0.15, -0.1) is 11.3 Å². The standard InChI is InChI=1S/C32H21F2N5O3S/c33-25-10-19(14-35)4-5-23(25)16-42-31-3-1-2-27(38-31)21-7-6-20(26(34)11-21)13-30-37-28-9-8-22(32(40)41)12-29(28)39(30)15-24-17-43-18-36-24/h1-12,17-18H,13,15-16H2,(H,40,41). The molecule has 3 heterocycles. The minimum Gasteiger partial charge on any atom is -0.478 e. The Morgan fingerprint density at radius 1 is 1.00 bits per heavy atom. The molecule has 0 aliphatic heterocycles. The lowest BCUT2D eigenvalue weighted by Gasteiger charge is -2.11. The van der Waals surface area contributed by atoms with Crippen molar-refractivity contribution in [2.24, 2.45) is 0 Å². The molecule has 6 aromatic rings. The number of pyridine rings is 1. The lowest BCUT2D eigenvalue weighted by atomic mass is 10.1. The first-order valence-corrected chi connectivity index (χ1v) is 14.0. The highest BCUT2D eigenvalue weighted by Crippen LogP contribution is 2.26. The van der Waals surface area contributed by atoms with E-state index in [1.165, 1.54) is 35.6 Å². The van der Waals surface area contributed by atoms with Crippen LogP contribution < -0.4 is 4.74 Å². The van der Waals surface area contributed by atoms with Gasteiger partial charge in [0.2, 0.25) is 5.88 Å². The number of hydrogen-bond acceptors (Lipinski definition) is 7. The zero-order valence-electron chi connectivity index (χ0n) is 22.4. The molecule has 0 atom stereocenters. The van der Waals surface area contributed by atoms with Gasteiger partial charge in [0, 0.05) is 29.0 Å². The van der Waals surface area contributed by atoms with Crippen LogP contribution in [0.5, 0.6) is 5.88 Å². The quantitative estimate of drug-likeness (QED) is 0.200. The van der Waals surface area contributed by atoms with Crippen LogP contribution in [0.15, 0.2) is 83.7 Å². The summed E-state index contributed by atoms with van der Waals surface area (Å²) in [6.45, 7) is 0.276. The molecule has 0 amide bonds. The third kappa shape index (κ3) is 5.95. The molecule has 0 aliphatic carbocycles. The number of carboxylic acid groups (broad SMARTS) is 1. The number of benzene rings is 3. The van der Waals surface area contributed by atoms with Crippen molar-refractivity contribution in [3.8, 4) is 23.2 Å². The van der Waals surface area contributed by atoms with Gasteiger partial charge in [0.15, 0.2) is 0 Å². The van der Waals surface area contributed by atoms with Gasteiger partial charge in [-0.2, -0.15) is 5.26 Å². The van der Waals surface area contributed by atoms with Crippen molar-refractivity contribution in [1.29, 1.82) is 5.26 Å². The van der Waals surface area contributed by atoms with Crippen LogP contribution in [0.2, 0.25) is 0 Å². The van der Waals surface area contributed by atoms with Crippen molar-refractivity contribution in [3.63, 3.8) is 0 Å². The van der Waals surface area contributed by atoms with Crippen molar-refractivity contribution < 1.29 is 23.4 Å². The summed E-state index contributed by atoms with van der Waals surface area (Å²) in [6.07, 6.45) is 0.167. The van der Waals surface area contributed by atoms with Crippen molar-refractivity contribution in [3.05, 3.63) is 129 Å². The first kappa shape index (κ1) is 27.7. The topological polar surface area (TPSA) is 114 Å². The van der Waals surface area contributed by atoms with Crippen LogP contribution in [0.25, 0.3) is 22.3 Å². The summed E-state index contributed by atoms with van der Waals surface area (Å²) in [5, 5.41) is 20.3. The zero-order chi connectivity index (χ0) is 29.9. The highest BCUT2D eigenvalue weighted by Gasteiger charge is 2.17. The van der Waals surface area contributed by atoms with Crippen LogP contribution in [-0.4, -0.2) is 30.6 Å². The maximum Gasteiger partial charge on any atom is 0.335 e. The molecule has 0 saturated carbocycles. The van der Waals surface area contributed by atoms with Crippen LogP contribution in [0.3, 0.4) is 0 Å². The fourth-order valence-electron chi connectivity index (χ4n) is 4.66. The van der Waals surface area contributed by atoms with Gasteiger partial charge in [-0.25, -0.2) is 28.5 Å². The summed E-state index contributed by atoms with van der Waals surface area (Å²) < 4.78 is 37.2. The molecule has 0 aliphatic rings. The van der Waals surface area contributed by atoms with E-state index in [9.17, 15) is 14.3 Å². The SMILES string of the molecule is N#Cc1ccc(COc2cccc(-c3ccc(Cc4nc5ccc(C(=O)O)cc5n4Cc4cscn4)c(F)c3)n2)c(F)c1. The van der Waals surface area contributed by atoms with E-state index in [0.717, 1.165) is 11.8 Å². The second kappa shape index (κ2) is 11.8. The number of hydrogen-bond donors (Lipinski definition) is 1. The number of halogens is 2. The van der Waals surface area contributed by atoms with Gasteiger partial charge in [0.25, 0.3) is 0 Å². The van der Waals surface area contributed by atoms with Gasteiger partial charge in [-0.3, -0.25) is 0 Å². The summed E-state index contributed by atoms with van der Waals surface area (Å²) >= 11 is 1.45. The Kier molecular flexibility index (Phi) is 7.59. The number of ether oxygens (including phenoxy) is 1. The molecule has 8 nitrogen and oxygen atoms in total. The molecule has 0 bridgehead atoms. The zero-order valence-corrected chi connectivity index (χ0v) is 23.2. The van der Waals surface area contributed by atoms with E-state index < -0.39 is 17.6 Å². The number of fused-ring (bicyclic) bond motifs is 1. The fraction of sp³-hybridized carbons (Fsp3) is 0.0938. The number of nitriles is 1. The average Bonchev–Trinajstić information content (AvgIpc) is 3.65. The molecule has 6 rings (SSSR count). The molecule has 3 aromatic carbocycles. The average molecular weight is 594 g/mol. The molecule has 43 heavy (non-hydrogen) atoms. The Morgan fingerprint density at radius 3 is 2.58 bits per heavy atom. The molecule has 11 heteroatoms. The van der Waals surface area contributed by atoms with E-state index in [1.54, 1.807) is 48.0 Å². The largest absolute Gasteiger partial charge is 0.478 e. The number of carboxylic acids is 1. The summed E-state index contributed by atoms with van der Waals surface area (Å²) in [4.78, 5) is 25.1. The molecule has 0 saturated heterocycles. The van der Waals surface area contributed by atoms with Gasteiger partial charge < -0.3 is 14.4 Å². The Morgan fingerprint density at radius 2 is 1.84 bits per heavy atom. The second-order valence-corrected chi connectivity index (χ2v) is 10.4. The molecule has 0 radical (unpaired) electrons. The van der Waals surface area contributed by atoms with Crippen LogP contribution >= 0.6 is 11.3 Å². The van der Waals surface area contributed by atoms with Gasteiger partial charge in [0.05, 0.1) is 51.7 Å². The molecule has 0 spiro atoms. The first-order chi connectivity index (χ1) is 20.9. The van der Waals surface area contributed by atoms with Crippen molar-refractivity contribution in [2.45, 2.75) is 19.6 Å². The fourth-order valence-corrected chi connectivity index (χ4v) is 5.21. The van der Waals surface area contributed by atoms with Crippen molar-refractivity contribution >= 4 is 28.3 Å². The number of aromatic nitrogens is 4. The van der Waals surface area contributed by atoms with Crippen molar-refractivity contribution in [2.75, 3.05) is 0 Å². The lowest BCUT2D eigenvalue weighted by Crippen LogP contribution is -2.07. The molecule has 212 valence electrons. The Hall–Kier alpha value is -5.47. The number of aromatic carboxylic acids is 1. The second-order valence-electron chi connectivity index (χ2n) is 9.65. The number of thiazole rings is 1. The van der Waals surface area contributed by atoms with E-state index in [0.29, 0.717) is 40.2 Å². The molecular formula is C32H21F2N5O3S. The maximum atomic E-state index is 15.5. The highest BCUT2D eigenvalue weighted by molar-refractivity contribution is 7.07. The van der Waals surface area contributed by atoms with Crippen LogP contribution in [-0.2, 0) is 19.6 Å². The highest BCUT2D eigenvalue weighted by atomic mass is 32.1. The van der Waals surface area contributed by atoms with Crippen LogP contribution in [0.4, 0.5) is 8.78 Å². The van der Waals surface area contributed by atoms with E-state index >= 15 is 4.39 Å². The normalized spacial score (nSPS) is 11.0. The minimum atomic E-state index is -1.05. The summed E-state index contributed by atoms with van der Waals surface area (Å²) in [5.74, 6) is -1.24. The van der Waals surface area contributed by atoms with E-state index in [-0.39, 0.29) is 35.6 Å². The van der Waals surface area contributed by atoms with Gasteiger partial charge in [-0.1, -0.05) is 24.3 Å². The Labute approximate surface area is 248 Å². The van der Waals surface area contributed by atoms with Gasteiger partial charge >= 0.3 is 5.97 Å². The Bertz CT molecular complexity index is 2020. The monoisotopic (exact) mass is 593 g/mol. The predicted molar refractivity (Wildman–Crippen MR) is 156 cm³/mol. The number of carbonyl (C=O) groups is 1. The molecular weight excluding hydrogens is 572 g/mol. The predicted octanol–water partition coefficient (Wildman–Crippen LogP) is 6.62. The minimum absolute atomic E-state index is 0.0862. The summed E-state index contributed by atoms with van der Waals surface area (Å²) in [6, 6.07) is 20.6. The van der Waals surface area contributed by atoms with E-state index in [1.807, 2.05) is 16.0 Å². The maximum absolute atomic E-state index is 15.5. The van der Waals surface area contributed by atoms with Crippen LogP contribution in [0, 0.1) is 23.0 Å². The van der Waals surface area contributed by atoms with Gasteiger partial charge in [0.1, 0.15) is 24.1 Å². The summed E-state index contributed by atoms with van der Waals surface area (Å²) in [5.41, 5.74) is 5.77. The number of imidazole rings is 1. The van der Waals surface area contributed by atoms with Gasteiger partial charge in [-0.05, 0) is 48.0 Å². The van der Waals surface area contributed by atoms with E-state index in [2.05, 4.69) is 9.97 Å². The lowest BCUT2D eigenvalue weighted by molar-refractivity contribution is 0.0697. The number of nitrogens with zero attached hydrogens (tertiary/aromatic N) is 5. The number of rotatable bonds is 9. The van der Waals surface area contributed by atoms with E-state index in [4.69, 9.17) is 15.0 Å². The van der Waals surface area contributed by atoms with Crippen molar-refractivity contribution in [1.82, 2.24) is 19.5 Å². The summed E-state index contributed by atoms with van der Waals surface area (Å²) in [7, 11) is 0. The van der Waals surface area contributed by atoms with Crippen LogP contribution in [0.1, 0.15) is 38.6 Å².